The van der Waals surface area contributed by atoms with Crippen molar-refractivity contribution in [2.75, 3.05) is 82.1 Å². The highest BCUT2D eigenvalue weighted by Gasteiger charge is 2.18. The van der Waals surface area contributed by atoms with Gasteiger partial charge in [-0.15, -0.1) is 0 Å². The average molecular weight is 499 g/mol. The molecule has 0 aliphatic carbocycles. The lowest BCUT2D eigenvalue weighted by Crippen LogP contribution is -2.34. The van der Waals surface area contributed by atoms with E-state index in [1.165, 1.54) is 0 Å². The molecule has 0 saturated carbocycles. The van der Waals surface area contributed by atoms with E-state index in [0.717, 1.165) is 51.4 Å². The Morgan fingerprint density at radius 1 is 0.486 bits per heavy atom. The molecule has 0 aliphatic rings. The zero-order chi connectivity index (χ0) is 25.7. The van der Waals surface area contributed by atoms with Gasteiger partial charge in [-0.3, -0.25) is 4.90 Å². The van der Waals surface area contributed by atoms with Gasteiger partial charge < -0.3 is 28.7 Å². The van der Waals surface area contributed by atoms with Gasteiger partial charge >= 0.3 is 0 Å². The molecule has 0 atom stereocenters. The molecule has 1 rings (SSSR count). The van der Waals surface area contributed by atoms with Crippen molar-refractivity contribution in [2.24, 2.45) is 0 Å². The lowest BCUT2D eigenvalue weighted by atomic mass is 10.4. The molecule has 0 bridgehead atoms. The van der Waals surface area contributed by atoms with E-state index in [9.17, 15) is 0 Å². The maximum absolute atomic E-state index is 5.90. The van der Waals surface area contributed by atoms with Crippen LogP contribution >= 0.6 is 0 Å². The Morgan fingerprint density at radius 2 is 0.800 bits per heavy atom. The van der Waals surface area contributed by atoms with E-state index in [1.54, 1.807) is 0 Å². The zero-order valence-corrected chi connectivity index (χ0v) is 23.1. The standard InChI is InChI=1S/C25H50N6O4/c1-7-11-15-32-19-29(5)23-26-24(30(6)20-33-16-12-8-2)28-25(27-23)31(21-34-17-13-9-3)22-35-18-14-10-4/h7-22H2,1-6H3. The normalized spacial score (nSPS) is 11.1. The fraction of sp³-hybridized carbons (Fsp3) is 0.880. The van der Waals surface area contributed by atoms with Crippen LogP contribution in [0.15, 0.2) is 0 Å². The van der Waals surface area contributed by atoms with Gasteiger partial charge in [0.15, 0.2) is 0 Å². The summed E-state index contributed by atoms with van der Waals surface area (Å²) >= 11 is 0. The van der Waals surface area contributed by atoms with Crippen LogP contribution in [-0.2, 0) is 18.9 Å². The van der Waals surface area contributed by atoms with Gasteiger partial charge in [0, 0.05) is 40.5 Å². The number of hydrogen-bond acceptors (Lipinski definition) is 10. The Kier molecular flexibility index (Phi) is 18.3. The summed E-state index contributed by atoms with van der Waals surface area (Å²) in [5, 5.41) is 0. The first-order chi connectivity index (χ1) is 17.1. The second-order valence-corrected chi connectivity index (χ2v) is 8.73. The monoisotopic (exact) mass is 498 g/mol. The predicted octanol–water partition coefficient (Wildman–Crippen LogP) is 4.65. The minimum atomic E-state index is 0.350. The van der Waals surface area contributed by atoms with Crippen LogP contribution < -0.4 is 14.7 Å². The number of anilines is 3. The van der Waals surface area contributed by atoms with Gasteiger partial charge in [0.25, 0.3) is 0 Å². The summed E-state index contributed by atoms with van der Waals surface area (Å²) in [6, 6.07) is 0. The molecular formula is C25H50N6O4. The van der Waals surface area contributed by atoms with Crippen molar-refractivity contribution < 1.29 is 18.9 Å². The molecule has 1 heterocycles. The second-order valence-electron chi connectivity index (χ2n) is 8.73. The topological polar surface area (TPSA) is 85.3 Å². The van der Waals surface area contributed by atoms with Crippen molar-refractivity contribution in [1.29, 1.82) is 0 Å². The summed E-state index contributed by atoms with van der Waals surface area (Å²) in [5.74, 6) is 1.59. The van der Waals surface area contributed by atoms with Crippen LogP contribution in [0.5, 0.6) is 0 Å². The quantitative estimate of drug-likeness (QED) is 0.157. The number of unbranched alkanes of at least 4 members (excludes halogenated alkanes) is 4. The summed E-state index contributed by atoms with van der Waals surface area (Å²) in [5.41, 5.74) is 0. The third-order valence-electron chi connectivity index (χ3n) is 5.20. The largest absolute Gasteiger partial charge is 0.361 e. The summed E-state index contributed by atoms with van der Waals surface area (Å²) in [4.78, 5) is 19.9. The first-order valence-electron chi connectivity index (χ1n) is 13.3. The van der Waals surface area contributed by atoms with Crippen LogP contribution in [0.4, 0.5) is 17.8 Å². The number of hydrogen-bond donors (Lipinski definition) is 0. The lowest BCUT2D eigenvalue weighted by Gasteiger charge is -2.26. The molecule has 10 nitrogen and oxygen atoms in total. The minimum absolute atomic E-state index is 0.350. The molecule has 0 N–H and O–H groups in total. The predicted molar refractivity (Wildman–Crippen MR) is 142 cm³/mol. The van der Waals surface area contributed by atoms with Crippen LogP contribution in [0, 0.1) is 0 Å². The fourth-order valence-corrected chi connectivity index (χ4v) is 2.83. The van der Waals surface area contributed by atoms with Crippen LogP contribution in [0.3, 0.4) is 0 Å². The van der Waals surface area contributed by atoms with Gasteiger partial charge in [0.2, 0.25) is 17.8 Å². The van der Waals surface area contributed by atoms with Crippen molar-refractivity contribution >= 4 is 17.8 Å². The molecule has 1 aromatic heterocycles. The Hall–Kier alpha value is -1.75. The third-order valence-corrected chi connectivity index (χ3v) is 5.20. The fourth-order valence-electron chi connectivity index (χ4n) is 2.83. The van der Waals surface area contributed by atoms with E-state index < -0.39 is 0 Å². The molecule has 0 radical (unpaired) electrons. The number of ether oxygens (including phenoxy) is 4. The van der Waals surface area contributed by atoms with E-state index >= 15 is 0 Å². The summed E-state index contributed by atoms with van der Waals surface area (Å²) < 4.78 is 23.4. The van der Waals surface area contributed by atoms with E-state index in [2.05, 4.69) is 27.7 Å². The van der Waals surface area contributed by atoms with E-state index in [-0.39, 0.29) is 0 Å². The molecule has 0 aliphatic heterocycles. The van der Waals surface area contributed by atoms with E-state index in [0.29, 0.717) is 71.2 Å². The SMILES string of the molecule is CCCCOCN(C)c1nc(N(C)COCCCC)nc(N(COCCCC)COCCCC)n1. The minimum Gasteiger partial charge on any atom is -0.361 e. The van der Waals surface area contributed by atoms with E-state index in [4.69, 9.17) is 33.9 Å². The van der Waals surface area contributed by atoms with Crippen molar-refractivity contribution in [2.45, 2.75) is 79.1 Å². The van der Waals surface area contributed by atoms with Crippen LogP contribution in [-0.4, -0.2) is 82.4 Å². The van der Waals surface area contributed by atoms with Gasteiger partial charge in [0.05, 0.1) is 0 Å². The van der Waals surface area contributed by atoms with Crippen molar-refractivity contribution in [3.63, 3.8) is 0 Å². The number of rotatable bonds is 23. The first kappa shape index (κ1) is 31.3. The van der Waals surface area contributed by atoms with Gasteiger partial charge in [-0.25, -0.2) is 0 Å². The molecule has 35 heavy (non-hydrogen) atoms. The summed E-state index contributed by atoms with van der Waals surface area (Å²) in [7, 11) is 3.85. The van der Waals surface area contributed by atoms with Crippen molar-refractivity contribution in [3.8, 4) is 0 Å². The van der Waals surface area contributed by atoms with Crippen LogP contribution in [0.2, 0.25) is 0 Å². The molecule has 0 spiro atoms. The maximum atomic E-state index is 5.90. The molecule has 0 aromatic carbocycles. The number of aromatic nitrogens is 3. The van der Waals surface area contributed by atoms with Gasteiger partial charge in [-0.2, -0.15) is 15.0 Å². The molecule has 0 unspecified atom stereocenters. The highest BCUT2D eigenvalue weighted by molar-refractivity contribution is 5.45. The van der Waals surface area contributed by atoms with Crippen molar-refractivity contribution in [1.82, 2.24) is 15.0 Å². The van der Waals surface area contributed by atoms with Gasteiger partial charge in [0.1, 0.15) is 26.9 Å². The van der Waals surface area contributed by atoms with Crippen molar-refractivity contribution in [3.05, 3.63) is 0 Å². The van der Waals surface area contributed by atoms with Crippen LogP contribution in [0.1, 0.15) is 79.1 Å². The maximum Gasteiger partial charge on any atom is 0.235 e. The average Bonchev–Trinajstić information content (AvgIpc) is 2.87. The second kappa shape index (κ2) is 20.4. The zero-order valence-electron chi connectivity index (χ0n) is 23.1. The molecule has 1 aromatic rings. The smallest absolute Gasteiger partial charge is 0.235 e. The molecule has 0 fully saturated rings. The Labute approximate surface area is 213 Å². The summed E-state index contributed by atoms with van der Waals surface area (Å²) in [6.07, 6.45) is 8.42. The third kappa shape index (κ3) is 13.8. The first-order valence-corrected chi connectivity index (χ1v) is 13.3. The highest BCUT2D eigenvalue weighted by Crippen LogP contribution is 2.19. The lowest BCUT2D eigenvalue weighted by molar-refractivity contribution is 0.0811. The Morgan fingerprint density at radius 3 is 1.14 bits per heavy atom. The molecule has 0 amide bonds. The van der Waals surface area contributed by atoms with E-state index in [1.807, 2.05) is 28.8 Å². The Bertz CT molecular complexity index is 592. The molecule has 10 heteroatoms. The van der Waals surface area contributed by atoms with Gasteiger partial charge in [-0.05, 0) is 25.7 Å². The Balaban J connectivity index is 3.08. The molecule has 204 valence electrons. The number of nitrogens with zero attached hydrogens (tertiary/aromatic N) is 6. The highest BCUT2D eigenvalue weighted by atomic mass is 16.5. The summed E-state index contributed by atoms with van der Waals surface area (Å²) in [6.45, 7) is 12.9. The van der Waals surface area contributed by atoms with Gasteiger partial charge in [-0.1, -0.05) is 53.4 Å². The molecular weight excluding hydrogens is 448 g/mol. The van der Waals surface area contributed by atoms with Crippen LogP contribution in [0.25, 0.3) is 0 Å². The molecule has 0 saturated heterocycles.